The average molecular weight is 519 g/mol. The fraction of sp³-hybridized carbons (Fsp3) is 0.364. The predicted molar refractivity (Wildman–Crippen MR) is 122 cm³/mol. The van der Waals surface area contributed by atoms with Gasteiger partial charge in [-0.1, -0.05) is 29.8 Å². The van der Waals surface area contributed by atoms with Gasteiger partial charge in [-0.3, -0.25) is 4.79 Å². The first-order valence-corrected chi connectivity index (χ1v) is 10.9. The molecule has 0 amide bonds. The number of thiocarbonyl (C=S) groups is 1. The second kappa shape index (κ2) is 10.2. The number of alkyl halides is 3. The van der Waals surface area contributed by atoms with Gasteiger partial charge in [0.15, 0.2) is 16.6 Å². The molecule has 0 spiro atoms. The molecule has 0 saturated carbocycles. The molecule has 2 aromatic rings. The normalized spacial score (nSPS) is 22.4. The van der Waals surface area contributed by atoms with Crippen molar-refractivity contribution in [3.8, 4) is 11.5 Å². The molecule has 1 heterocycles. The Morgan fingerprint density at radius 3 is 2.47 bits per heavy atom. The second-order valence-corrected chi connectivity index (χ2v) is 8.24. The summed E-state index contributed by atoms with van der Waals surface area (Å²) in [5.41, 5.74) is -2.62. The average Bonchev–Trinajstić information content (AvgIpc) is 2.77. The molecule has 0 unspecified atom stereocenters. The van der Waals surface area contributed by atoms with E-state index in [4.69, 9.17) is 38.0 Å². The molecule has 1 aliphatic rings. The van der Waals surface area contributed by atoms with Crippen molar-refractivity contribution >= 4 is 34.9 Å². The number of esters is 1. The minimum atomic E-state index is -5.24. The van der Waals surface area contributed by atoms with Crippen molar-refractivity contribution < 1.29 is 37.3 Å². The SMILES string of the molecule is CCOC(=O)[C@H]1[C@@H](c2ccc(OCc3ccc(Cl)cc3)c(OC)c2)NC(=S)N[C@@]1(O)C(F)(F)F. The lowest BCUT2D eigenvalue weighted by Gasteiger charge is -2.45. The van der Waals surface area contributed by atoms with Gasteiger partial charge in [0.2, 0.25) is 0 Å². The maximum absolute atomic E-state index is 13.9. The number of halogens is 4. The molecular formula is C22H22ClF3N2O5S. The molecule has 1 aliphatic heterocycles. The Balaban J connectivity index is 1.95. The van der Waals surface area contributed by atoms with E-state index in [1.807, 2.05) is 0 Å². The maximum atomic E-state index is 13.9. The molecule has 0 bridgehead atoms. The lowest BCUT2D eigenvalue weighted by molar-refractivity contribution is -0.292. The third kappa shape index (κ3) is 5.31. The van der Waals surface area contributed by atoms with Gasteiger partial charge >= 0.3 is 12.1 Å². The van der Waals surface area contributed by atoms with Crippen LogP contribution in [0.4, 0.5) is 13.2 Å². The van der Waals surface area contributed by atoms with Crippen LogP contribution in [0.2, 0.25) is 5.02 Å². The van der Waals surface area contributed by atoms with Gasteiger partial charge in [0.25, 0.3) is 5.72 Å². The maximum Gasteiger partial charge on any atom is 0.437 e. The van der Waals surface area contributed by atoms with Crippen molar-refractivity contribution in [2.45, 2.75) is 31.5 Å². The van der Waals surface area contributed by atoms with Gasteiger partial charge in [0.1, 0.15) is 12.5 Å². The Hall–Kier alpha value is -2.76. The molecule has 0 aromatic heterocycles. The molecule has 184 valence electrons. The van der Waals surface area contributed by atoms with Crippen molar-refractivity contribution in [1.29, 1.82) is 0 Å². The molecule has 1 fully saturated rings. The van der Waals surface area contributed by atoms with Gasteiger partial charge in [-0.15, -0.1) is 0 Å². The monoisotopic (exact) mass is 518 g/mol. The van der Waals surface area contributed by atoms with Crippen LogP contribution in [0.1, 0.15) is 24.1 Å². The number of hydrogen-bond donors (Lipinski definition) is 3. The van der Waals surface area contributed by atoms with Crippen LogP contribution in [0.3, 0.4) is 0 Å². The molecule has 1 saturated heterocycles. The van der Waals surface area contributed by atoms with E-state index in [0.29, 0.717) is 10.8 Å². The first-order chi connectivity index (χ1) is 16.0. The number of benzene rings is 2. The summed E-state index contributed by atoms with van der Waals surface area (Å²) in [6, 6.07) is 9.97. The Labute approximate surface area is 204 Å². The van der Waals surface area contributed by atoms with E-state index in [9.17, 15) is 23.1 Å². The Bertz CT molecular complexity index is 1050. The van der Waals surface area contributed by atoms with E-state index < -0.39 is 34.9 Å². The van der Waals surface area contributed by atoms with Crippen molar-refractivity contribution in [3.63, 3.8) is 0 Å². The zero-order chi connectivity index (χ0) is 25.1. The third-order valence-corrected chi connectivity index (χ3v) is 5.67. The topological polar surface area (TPSA) is 89.1 Å². The number of nitrogens with one attached hydrogen (secondary N) is 2. The summed E-state index contributed by atoms with van der Waals surface area (Å²) in [6.07, 6.45) is -5.24. The number of ether oxygens (including phenoxy) is 3. The van der Waals surface area contributed by atoms with Crippen molar-refractivity contribution in [2.75, 3.05) is 13.7 Å². The lowest BCUT2D eigenvalue weighted by Crippen LogP contribution is -2.73. The van der Waals surface area contributed by atoms with Gasteiger partial charge in [-0.2, -0.15) is 13.2 Å². The van der Waals surface area contributed by atoms with E-state index in [1.165, 1.54) is 32.2 Å². The van der Waals surface area contributed by atoms with Crippen LogP contribution in [0.5, 0.6) is 11.5 Å². The highest BCUT2D eigenvalue weighted by Crippen LogP contribution is 2.44. The van der Waals surface area contributed by atoms with Crippen molar-refractivity contribution in [3.05, 3.63) is 58.6 Å². The molecule has 2 aromatic carbocycles. The predicted octanol–water partition coefficient (Wildman–Crippen LogP) is 3.88. The number of rotatable bonds is 7. The Morgan fingerprint density at radius 2 is 1.88 bits per heavy atom. The second-order valence-electron chi connectivity index (χ2n) is 7.40. The third-order valence-electron chi connectivity index (χ3n) is 5.20. The van der Waals surface area contributed by atoms with Crippen LogP contribution >= 0.6 is 23.8 Å². The fourth-order valence-corrected chi connectivity index (χ4v) is 3.96. The standard InChI is InChI=1S/C22H22ClF3N2O5S/c1-3-32-19(29)17-18(27-20(34)28-21(17,30)22(24,25)26)13-6-9-15(16(10-13)31-2)33-11-12-4-7-14(23)8-5-12/h4-10,17-18,30H,3,11H2,1-2H3,(H2,27,28,34)/t17-,18-,21+/m1/s1. The van der Waals surface area contributed by atoms with Crippen LogP contribution in [-0.2, 0) is 16.1 Å². The highest BCUT2D eigenvalue weighted by Gasteiger charge is 2.66. The summed E-state index contributed by atoms with van der Waals surface area (Å²) in [6.45, 7) is 1.45. The van der Waals surface area contributed by atoms with E-state index in [1.54, 1.807) is 29.6 Å². The molecule has 3 rings (SSSR count). The van der Waals surface area contributed by atoms with E-state index in [2.05, 4.69) is 5.32 Å². The summed E-state index contributed by atoms with van der Waals surface area (Å²) in [4.78, 5) is 12.6. The zero-order valence-corrected chi connectivity index (χ0v) is 19.7. The summed E-state index contributed by atoms with van der Waals surface area (Å²) in [5, 5.41) is 15.1. The van der Waals surface area contributed by atoms with Crippen LogP contribution in [0, 0.1) is 5.92 Å². The minimum absolute atomic E-state index is 0.179. The fourth-order valence-electron chi connectivity index (χ4n) is 3.55. The van der Waals surface area contributed by atoms with Crippen LogP contribution in [-0.4, -0.2) is 41.8 Å². The quantitative estimate of drug-likeness (QED) is 0.376. The molecule has 0 radical (unpaired) electrons. The van der Waals surface area contributed by atoms with Crippen molar-refractivity contribution in [1.82, 2.24) is 10.6 Å². The van der Waals surface area contributed by atoms with Crippen LogP contribution in [0.25, 0.3) is 0 Å². The molecule has 34 heavy (non-hydrogen) atoms. The van der Waals surface area contributed by atoms with E-state index in [0.717, 1.165) is 5.56 Å². The molecule has 7 nitrogen and oxygen atoms in total. The Kier molecular flexibility index (Phi) is 7.79. The number of methoxy groups -OCH3 is 1. The number of hydrogen-bond acceptors (Lipinski definition) is 6. The number of aliphatic hydroxyl groups is 1. The first-order valence-electron chi connectivity index (χ1n) is 10.1. The molecule has 12 heteroatoms. The largest absolute Gasteiger partial charge is 0.493 e. The highest BCUT2D eigenvalue weighted by molar-refractivity contribution is 7.80. The van der Waals surface area contributed by atoms with E-state index in [-0.39, 0.29) is 24.5 Å². The number of carbonyl (C=O) groups is 1. The molecule has 0 aliphatic carbocycles. The highest BCUT2D eigenvalue weighted by atomic mass is 35.5. The molecule has 3 atom stereocenters. The summed E-state index contributed by atoms with van der Waals surface area (Å²) in [7, 11) is 1.36. The van der Waals surface area contributed by atoms with Gasteiger partial charge in [0.05, 0.1) is 19.8 Å². The van der Waals surface area contributed by atoms with E-state index >= 15 is 0 Å². The van der Waals surface area contributed by atoms with Gasteiger partial charge in [0, 0.05) is 5.02 Å². The molecular weight excluding hydrogens is 497 g/mol. The Morgan fingerprint density at radius 1 is 1.21 bits per heavy atom. The first kappa shape index (κ1) is 25.9. The summed E-state index contributed by atoms with van der Waals surface area (Å²) < 4.78 is 57.6. The number of carbonyl (C=O) groups excluding carboxylic acids is 1. The van der Waals surface area contributed by atoms with Crippen LogP contribution in [0.15, 0.2) is 42.5 Å². The minimum Gasteiger partial charge on any atom is -0.493 e. The van der Waals surface area contributed by atoms with Crippen LogP contribution < -0.4 is 20.1 Å². The van der Waals surface area contributed by atoms with Crippen molar-refractivity contribution in [2.24, 2.45) is 5.92 Å². The summed E-state index contributed by atoms with van der Waals surface area (Å²) >= 11 is 10.8. The smallest absolute Gasteiger partial charge is 0.437 e. The molecule has 3 N–H and O–H groups in total. The van der Waals surface area contributed by atoms with Gasteiger partial charge in [-0.25, -0.2) is 0 Å². The lowest BCUT2D eigenvalue weighted by atomic mass is 9.82. The zero-order valence-electron chi connectivity index (χ0n) is 18.1. The summed E-state index contributed by atoms with van der Waals surface area (Å²) in [5.74, 6) is -2.84. The van der Waals surface area contributed by atoms with Gasteiger partial charge < -0.3 is 30.0 Å². The van der Waals surface area contributed by atoms with Gasteiger partial charge in [-0.05, 0) is 54.5 Å².